The highest BCUT2D eigenvalue weighted by molar-refractivity contribution is 5.13. The molecule has 0 spiro atoms. The molecule has 2 nitrogen and oxygen atoms in total. The summed E-state index contributed by atoms with van der Waals surface area (Å²) in [6, 6.07) is 0. The van der Waals surface area contributed by atoms with Crippen LogP contribution in [0.25, 0.3) is 0 Å². The third-order valence-corrected chi connectivity index (χ3v) is 10.2. The zero-order chi connectivity index (χ0) is 20.8. The van der Waals surface area contributed by atoms with Gasteiger partial charge in [0.25, 0.3) is 0 Å². The number of rotatable bonds is 5. The van der Waals surface area contributed by atoms with Gasteiger partial charge < -0.3 is 9.84 Å². The quantitative estimate of drug-likeness (QED) is 0.501. The van der Waals surface area contributed by atoms with Crippen molar-refractivity contribution in [2.45, 2.75) is 111 Å². The normalized spacial score (nSPS) is 47.7. The van der Waals surface area contributed by atoms with E-state index in [2.05, 4.69) is 40.7 Å². The van der Waals surface area contributed by atoms with Crippen LogP contribution >= 0.6 is 0 Å². The van der Waals surface area contributed by atoms with Crippen LogP contribution in [0.4, 0.5) is 0 Å². The van der Waals surface area contributed by atoms with Gasteiger partial charge in [0.15, 0.2) is 0 Å². The average Bonchev–Trinajstić information content (AvgIpc) is 2.94. The summed E-state index contributed by atoms with van der Waals surface area (Å²) in [5.41, 5.74) is 0.739. The Balaban J connectivity index is 1.51. The molecule has 1 N–H and O–H groups in total. The second-order valence-electron chi connectivity index (χ2n) is 12.2. The van der Waals surface area contributed by atoms with Crippen LogP contribution in [0.5, 0.6) is 0 Å². The molecule has 0 radical (unpaired) electrons. The summed E-state index contributed by atoms with van der Waals surface area (Å²) in [6.45, 7) is 12.4. The van der Waals surface area contributed by atoms with Crippen molar-refractivity contribution in [1.82, 2.24) is 0 Å². The standard InChI is InChI=1S/C27H46O2/c1-18(2)7-6-8-19(3)22-9-10-23-21-13-16-29-25-17-20(28)11-14-27(25,5)24(21)12-15-26(22,23)4/h13,16,18-25,28H,6-12,14-15,17H2,1-5H3/t19-,20+,21+,22-,23+,24+,25?,26-,27-/m1/s1/i29+2. The van der Waals surface area contributed by atoms with Gasteiger partial charge in [0.2, 0.25) is 0 Å². The molecule has 0 aromatic carbocycles. The fraction of sp³-hybridized carbons (Fsp3) is 0.926. The summed E-state index contributed by atoms with van der Waals surface area (Å²) >= 11 is 0. The Labute approximate surface area is 179 Å². The van der Waals surface area contributed by atoms with Gasteiger partial charge in [-0.15, -0.1) is 0 Å². The number of allylic oxidation sites excluding steroid dienone is 1. The van der Waals surface area contributed by atoms with Gasteiger partial charge in [-0.25, -0.2) is 0 Å². The first-order valence-electron chi connectivity index (χ1n) is 12.8. The lowest BCUT2D eigenvalue weighted by molar-refractivity contribution is -0.113. The molecule has 3 fully saturated rings. The summed E-state index contributed by atoms with van der Waals surface area (Å²) in [5, 5.41) is 10.2. The van der Waals surface area contributed by atoms with E-state index in [0.29, 0.717) is 11.3 Å². The number of hydrogen-bond donors (Lipinski definition) is 1. The van der Waals surface area contributed by atoms with Crippen molar-refractivity contribution >= 4 is 0 Å². The number of fused-ring (bicyclic) bond motifs is 5. The zero-order valence-corrected chi connectivity index (χ0v) is 19.7. The van der Waals surface area contributed by atoms with E-state index in [1.807, 2.05) is 6.26 Å². The molecule has 1 unspecified atom stereocenters. The maximum absolute atomic E-state index is 10.2. The topological polar surface area (TPSA) is 29.5 Å². The Hall–Kier alpha value is -0.500. The van der Waals surface area contributed by atoms with E-state index >= 15 is 0 Å². The van der Waals surface area contributed by atoms with Crippen molar-refractivity contribution in [3.05, 3.63) is 12.3 Å². The zero-order valence-electron chi connectivity index (χ0n) is 19.7. The number of aliphatic hydroxyl groups excluding tert-OH is 1. The van der Waals surface area contributed by atoms with Crippen LogP contribution in [0, 0.1) is 46.3 Å². The monoisotopic (exact) mass is 404 g/mol. The highest BCUT2D eigenvalue weighted by Gasteiger charge is 2.59. The van der Waals surface area contributed by atoms with Crippen LogP contribution in [-0.4, -0.2) is 17.3 Å². The van der Waals surface area contributed by atoms with Gasteiger partial charge in [-0.2, -0.15) is 0 Å². The lowest BCUT2D eigenvalue weighted by Crippen LogP contribution is -2.52. The lowest BCUT2D eigenvalue weighted by atomic mass is 9.50. The molecule has 0 aromatic heterocycles. The van der Waals surface area contributed by atoms with Crippen molar-refractivity contribution < 1.29 is 9.84 Å². The predicted molar refractivity (Wildman–Crippen MR) is 120 cm³/mol. The van der Waals surface area contributed by atoms with Gasteiger partial charge in [0.1, 0.15) is 6.10 Å². The van der Waals surface area contributed by atoms with Crippen molar-refractivity contribution in [3.8, 4) is 0 Å². The molecule has 2 heteroatoms. The Kier molecular flexibility index (Phi) is 6.15. The summed E-state index contributed by atoms with van der Waals surface area (Å²) < 4.78 is 6.26. The molecule has 0 bridgehead atoms. The van der Waals surface area contributed by atoms with Gasteiger partial charge in [-0.3, -0.25) is 0 Å². The summed E-state index contributed by atoms with van der Waals surface area (Å²) in [5.74, 6) is 4.82. The van der Waals surface area contributed by atoms with Crippen molar-refractivity contribution in [1.29, 1.82) is 0 Å². The van der Waals surface area contributed by atoms with Crippen LogP contribution in [0.1, 0.15) is 98.8 Å². The first-order valence-corrected chi connectivity index (χ1v) is 12.8. The molecule has 4 aliphatic rings. The van der Waals surface area contributed by atoms with Crippen LogP contribution in [0.3, 0.4) is 0 Å². The minimum Gasteiger partial charge on any atom is -0.498 e. The Morgan fingerprint density at radius 1 is 0.966 bits per heavy atom. The van der Waals surface area contributed by atoms with Gasteiger partial charge in [0, 0.05) is 11.8 Å². The molecule has 166 valence electrons. The lowest BCUT2D eigenvalue weighted by Gasteiger charge is -2.55. The molecule has 0 amide bonds. The van der Waals surface area contributed by atoms with Gasteiger partial charge in [-0.1, -0.05) is 53.9 Å². The number of ether oxygens (including phenoxy) is 1. The minimum atomic E-state index is -0.172. The molecule has 29 heavy (non-hydrogen) atoms. The van der Waals surface area contributed by atoms with Crippen LogP contribution < -0.4 is 0 Å². The Morgan fingerprint density at radius 3 is 2.45 bits per heavy atom. The highest BCUT2D eigenvalue weighted by atomic mass is 18.3. The van der Waals surface area contributed by atoms with Crippen molar-refractivity contribution in [2.24, 2.45) is 46.3 Å². The number of hydrogen-bond acceptors (Lipinski definition) is 2. The van der Waals surface area contributed by atoms with E-state index in [4.69, 9.17) is 4.74 Å². The van der Waals surface area contributed by atoms with Crippen LogP contribution in [0.15, 0.2) is 12.3 Å². The summed E-state index contributed by atoms with van der Waals surface area (Å²) in [6.07, 6.45) is 17.2. The van der Waals surface area contributed by atoms with E-state index in [9.17, 15) is 5.11 Å². The molecule has 1 aliphatic heterocycles. The third kappa shape index (κ3) is 3.81. The maximum atomic E-state index is 10.2. The molecular weight excluding hydrogens is 358 g/mol. The Morgan fingerprint density at radius 2 is 1.69 bits per heavy atom. The molecule has 4 rings (SSSR count). The highest BCUT2D eigenvalue weighted by Crippen LogP contribution is 2.65. The minimum absolute atomic E-state index is 0.172. The molecule has 3 aliphatic carbocycles. The number of aliphatic hydroxyl groups is 1. The molecule has 0 saturated heterocycles. The third-order valence-electron chi connectivity index (χ3n) is 10.2. The average molecular weight is 405 g/mol. The SMILES string of the molecule is CC(C)CCC[C@@H](C)[C@H]1CC[C@H]2[C@@H]3C=C[18O]C4C[C@@H](O)CC[C@]4(C)[C@H]3CC[C@]12C. The largest absolute Gasteiger partial charge is 0.498 e. The van der Waals surface area contributed by atoms with Gasteiger partial charge in [-0.05, 0) is 85.5 Å². The smallest absolute Gasteiger partial charge is 0.106 e. The van der Waals surface area contributed by atoms with Crippen molar-refractivity contribution in [3.63, 3.8) is 0 Å². The first kappa shape index (κ1) is 21.7. The van der Waals surface area contributed by atoms with E-state index in [0.717, 1.165) is 48.9 Å². The second-order valence-corrected chi connectivity index (χ2v) is 12.2. The predicted octanol–water partition coefficient (Wildman–Crippen LogP) is 6.97. The van der Waals surface area contributed by atoms with Crippen molar-refractivity contribution in [2.75, 3.05) is 0 Å². The van der Waals surface area contributed by atoms with Crippen LogP contribution in [0.2, 0.25) is 0 Å². The fourth-order valence-corrected chi connectivity index (χ4v) is 8.40. The van der Waals surface area contributed by atoms with Gasteiger partial charge in [0.05, 0.1) is 12.4 Å². The summed E-state index contributed by atoms with van der Waals surface area (Å²) in [4.78, 5) is 0. The summed E-state index contributed by atoms with van der Waals surface area (Å²) in [7, 11) is 0. The second kappa shape index (κ2) is 8.21. The molecular formula is C27H46O2. The fourth-order valence-electron chi connectivity index (χ4n) is 8.40. The first-order chi connectivity index (χ1) is 13.8. The van der Waals surface area contributed by atoms with Gasteiger partial charge >= 0.3 is 0 Å². The molecule has 9 atom stereocenters. The maximum Gasteiger partial charge on any atom is 0.106 e. The van der Waals surface area contributed by atoms with Crippen LogP contribution in [-0.2, 0) is 4.74 Å². The van der Waals surface area contributed by atoms with E-state index in [1.165, 1.54) is 44.9 Å². The molecule has 1 heterocycles. The molecule has 0 aromatic rings. The molecule has 3 saturated carbocycles. The Bertz CT molecular complexity index is 597. The van der Waals surface area contributed by atoms with E-state index in [-0.39, 0.29) is 17.6 Å². The van der Waals surface area contributed by atoms with E-state index in [1.54, 1.807) is 0 Å². The van der Waals surface area contributed by atoms with E-state index < -0.39 is 0 Å².